The monoisotopic (exact) mass is 334 g/mol. The second kappa shape index (κ2) is 6.79. The average molecular weight is 334 g/mol. The lowest BCUT2D eigenvalue weighted by Crippen LogP contribution is -2.36. The molecule has 3 aromatic carbocycles. The van der Waals surface area contributed by atoms with E-state index in [9.17, 15) is 14.9 Å². The molecule has 0 radical (unpaired) electrons. The van der Waals surface area contributed by atoms with Gasteiger partial charge in [-0.1, -0.05) is 42.5 Å². The molecule has 3 N–H and O–H groups in total. The number of para-hydroxylation sites is 1. The summed E-state index contributed by atoms with van der Waals surface area (Å²) in [6.45, 7) is 0. The quantitative estimate of drug-likeness (QED) is 0.332. The molecule has 0 atom stereocenters. The number of aliphatic imine (C=N–C) groups is 1. The molecule has 0 aliphatic rings. The molecule has 0 bridgehead atoms. The zero-order valence-electron chi connectivity index (χ0n) is 13.0. The number of guanidine groups is 1. The molecule has 0 unspecified atom stereocenters. The zero-order valence-corrected chi connectivity index (χ0v) is 13.0. The van der Waals surface area contributed by atoms with Crippen LogP contribution in [0.1, 0.15) is 10.4 Å². The predicted molar refractivity (Wildman–Crippen MR) is 95.8 cm³/mol. The lowest BCUT2D eigenvalue weighted by atomic mass is 10.1. The van der Waals surface area contributed by atoms with Crippen molar-refractivity contribution >= 4 is 34.0 Å². The van der Waals surface area contributed by atoms with Gasteiger partial charge in [0.2, 0.25) is 5.96 Å². The smallest absolute Gasteiger partial charge is 0.282 e. The molecule has 0 fully saturated rings. The second-order valence-corrected chi connectivity index (χ2v) is 5.26. The zero-order chi connectivity index (χ0) is 17.8. The Hall–Kier alpha value is -3.74. The number of fused-ring (bicyclic) bond motifs is 1. The summed E-state index contributed by atoms with van der Waals surface area (Å²) in [6.07, 6.45) is 0. The van der Waals surface area contributed by atoms with Crippen molar-refractivity contribution in [3.05, 3.63) is 82.4 Å². The van der Waals surface area contributed by atoms with Crippen molar-refractivity contribution < 1.29 is 9.72 Å². The van der Waals surface area contributed by atoms with Gasteiger partial charge < -0.3 is 5.73 Å². The Morgan fingerprint density at radius 2 is 1.68 bits per heavy atom. The molecule has 0 saturated heterocycles. The Labute approximate surface area is 142 Å². The molecular formula is C18H14N4O3. The molecule has 1 amide bonds. The van der Waals surface area contributed by atoms with E-state index in [1.54, 1.807) is 12.1 Å². The van der Waals surface area contributed by atoms with E-state index >= 15 is 0 Å². The van der Waals surface area contributed by atoms with Crippen molar-refractivity contribution in [1.82, 2.24) is 5.32 Å². The highest BCUT2D eigenvalue weighted by atomic mass is 16.6. The molecule has 3 rings (SSSR count). The fraction of sp³-hybridized carbons (Fsp3) is 0. The van der Waals surface area contributed by atoms with E-state index in [4.69, 9.17) is 5.73 Å². The molecule has 0 aromatic heterocycles. The number of benzene rings is 3. The van der Waals surface area contributed by atoms with E-state index in [0.717, 1.165) is 10.8 Å². The van der Waals surface area contributed by atoms with Crippen molar-refractivity contribution in [2.75, 3.05) is 0 Å². The number of carbonyl (C=O) groups is 1. The molecular weight excluding hydrogens is 320 g/mol. The largest absolute Gasteiger partial charge is 0.369 e. The SMILES string of the molecule is NC(=Nc1ccc2ccccc2c1)NC(=O)c1ccccc1[N+](=O)[O-]. The van der Waals surface area contributed by atoms with Crippen LogP contribution in [0.15, 0.2) is 71.7 Å². The van der Waals surface area contributed by atoms with Gasteiger partial charge in [0, 0.05) is 6.07 Å². The molecule has 3 aromatic rings. The lowest BCUT2D eigenvalue weighted by molar-refractivity contribution is -0.385. The van der Waals surface area contributed by atoms with Crippen molar-refractivity contribution in [2.45, 2.75) is 0 Å². The normalized spacial score (nSPS) is 11.3. The topological polar surface area (TPSA) is 111 Å². The maximum absolute atomic E-state index is 12.2. The maximum atomic E-state index is 12.2. The van der Waals surface area contributed by atoms with E-state index in [1.165, 1.54) is 18.2 Å². The third-order valence-electron chi connectivity index (χ3n) is 3.57. The van der Waals surface area contributed by atoms with Gasteiger partial charge in [-0.3, -0.25) is 20.2 Å². The summed E-state index contributed by atoms with van der Waals surface area (Å²) in [5.74, 6) is -0.826. The number of hydrogen-bond acceptors (Lipinski definition) is 4. The summed E-state index contributed by atoms with van der Waals surface area (Å²) in [7, 11) is 0. The Bertz CT molecular complexity index is 998. The molecule has 0 saturated carbocycles. The highest BCUT2D eigenvalue weighted by molar-refractivity contribution is 6.08. The Balaban J connectivity index is 1.83. The number of nitro groups is 1. The summed E-state index contributed by atoms with van der Waals surface area (Å²) >= 11 is 0. The number of carbonyl (C=O) groups excluding carboxylic acids is 1. The van der Waals surface area contributed by atoms with E-state index in [2.05, 4.69) is 10.3 Å². The van der Waals surface area contributed by atoms with Crippen LogP contribution < -0.4 is 11.1 Å². The van der Waals surface area contributed by atoms with Gasteiger partial charge in [-0.2, -0.15) is 0 Å². The van der Waals surface area contributed by atoms with Gasteiger partial charge in [0.15, 0.2) is 0 Å². The number of nitrogens with two attached hydrogens (primary N) is 1. The number of rotatable bonds is 3. The number of amides is 1. The van der Waals surface area contributed by atoms with Crippen LogP contribution in [0.5, 0.6) is 0 Å². The third kappa shape index (κ3) is 3.61. The fourth-order valence-electron chi connectivity index (χ4n) is 2.42. The van der Waals surface area contributed by atoms with E-state index in [1.807, 2.05) is 36.4 Å². The van der Waals surface area contributed by atoms with Crippen LogP contribution in [-0.2, 0) is 0 Å². The summed E-state index contributed by atoms with van der Waals surface area (Å²) in [4.78, 5) is 26.7. The first kappa shape index (κ1) is 16.1. The van der Waals surface area contributed by atoms with Gasteiger partial charge in [0.25, 0.3) is 11.6 Å². The van der Waals surface area contributed by atoms with Crippen LogP contribution in [0.4, 0.5) is 11.4 Å². The third-order valence-corrected chi connectivity index (χ3v) is 3.57. The van der Waals surface area contributed by atoms with Gasteiger partial charge in [0.1, 0.15) is 5.56 Å². The molecule has 7 heteroatoms. The fourth-order valence-corrected chi connectivity index (χ4v) is 2.42. The first-order valence-corrected chi connectivity index (χ1v) is 7.42. The predicted octanol–water partition coefficient (Wildman–Crippen LogP) is 3.12. The summed E-state index contributed by atoms with van der Waals surface area (Å²) in [5.41, 5.74) is 5.96. The van der Waals surface area contributed by atoms with E-state index < -0.39 is 10.8 Å². The van der Waals surface area contributed by atoms with Crippen molar-refractivity contribution in [3.63, 3.8) is 0 Å². The standard InChI is InChI=1S/C18H14N4O3/c19-18(20-14-10-9-12-5-1-2-6-13(12)11-14)21-17(23)15-7-3-4-8-16(15)22(24)25/h1-11H,(H3,19,20,21,23). The van der Waals surface area contributed by atoms with Gasteiger partial charge >= 0.3 is 0 Å². The summed E-state index contributed by atoms with van der Waals surface area (Å²) in [6, 6.07) is 18.9. The van der Waals surface area contributed by atoms with Gasteiger partial charge in [-0.25, -0.2) is 4.99 Å². The molecule has 0 aliphatic carbocycles. The summed E-state index contributed by atoms with van der Waals surface area (Å²) < 4.78 is 0. The molecule has 0 heterocycles. The molecule has 25 heavy (non-hydrogen) atoms. The minimum Gasteiger partial charge on any atom is -0.369 e. The van der Waals surface area contributed by atoms with Crippen LogP contribution >= 0.6 is 0 Å². The Kier molecular flexibility index (Phi) is 4.38. The van der Waals surface area contributed by atoms with Gasteiger partial charge in [-0.05, 0) is 29.0 Å². The lowest BCUT2D eigenvalue weighted by Gasteiger charge is -2.05. The number of hydrogen-bond donors (Lipinski definition) is 2. The first-order valence-electron chi connectivity index (χ1n) is 7.42. The summed E-state index contributed by atoms with van der Waals surface area (Å²) in [5, 5.41) is 15.4. The Morgan fingerprint density at radius 3 is 2.44 bits per heavy atom. The molecule has 0 spiro atoms. The number of nitrogens with zero attached hydrogens (tertiary/aromatic N) is 2. The highest BCUT2D eigenvalue weighted by Crippen LogP contribution is 2.21. The van der Waals surface area contributed by atoms with Crippen LogP contribution in [0.25, 0.3) is 10.8 Å². The number of nitro benzene ring substituents is 1. The minimum atomic E-state index is -0.686. The van der Waals surface area contributed by atoms with Crippen LogP contribution in [0, 0.1) is 10.1 Å². The second-order valence-electron chi connectivity index (χ2n) is 5.26. The molecule has 0 aliphatic heterocycles. The first-order chi connectivity index (χ1) is 12.0. The maximum Gasteiger partial charge on any atom is 0.282 e. The highest BCUT2D eigenvalue weighted by Gasteiger charge is 2.19. The minimum absolute atomic E-state index is 0.0795. The van der Waals surface area contributed by atoms with E-state index in [0.29, 0.717) is 5.69 Å². The number of nitrogens with one attached hydrogen (secondary N) is 1. The van der Waals surface area contributed by atoms with Crippen molar-refractivity contribution in [2.24, 2.45) is 10.7 Å². The van der Waals surface area contributed by atoms with E-state index in [-0.39, 0.29) is 17.2 Å². The van der Waals surface area contributed by atoms with Gasteiger partial charge in [-0.15, -0.1) is 0 Å². The molecule has 124 valence electrons. The van der Waals surface area contributed by atoms with Crippen molar-refractivity contribution in [1.29, 1.82) is 0 Å². The van der Waals surface area contributed by atoms with Gasteiger partial charge in [0.05, 0.1) is 10.6 Å². The average Bonchev–Trinajstić information content (AvgIpc) is 2.61. The molecule has 7 nitrogen and oxygen atoms in total. The van der Waals surface area contributed by atoms with Crippen LogP contribution in [0.2, 0.25) is 0 Å². The van der Waals surface area contributed by atoms with Crippen molar-refractivity contribution in [3.8, 4) is 0 Å². The van der Waals surface area contributed by atoms with Crippen LogP contribution in [-0.4, -0.2) is 16.8 Å². The van der Waals surface area contributed by atoms with Crippen LogP contribution in [0.3, 0.4) is 0 Å². The Morgan fingerprint density at radius 1 is 1.00 bits per heavy atom.